The highest BCUT2D eigenvalue weighted by Gasteiger charge is 2.28. The molecule has 0 fully saturated rings. The molecule has 8 heteroatoms. The van der Waals surface area contributed by atoms with Crippen molar-refractivity contribution in [2.45, 2.75) is 69.9 Å². The summed E-state index contributed by atoms with van der Waals surface area (Å²) in [4.78, 5) is 20.5. The third kappa shape index (κ3) is 6.92. The van der Waals surface area contributed by atoms with Crippen molar-refractivity contribution in [2.24, 2.45) is 0 Å². The topological polar surface area (TPSA) is 79.4 Å². The molecule has 2 atom stereocenters. The molecule has 1 aliphatic rings. The number of benzene rings is 3. The molecule has 0 unspecified atom stereocenters. The average Bonchev–Trinajstić information content (AvgIpc) is 2.97. The number of halogens is 1. The molecule has 0 radical (unpaired) electrons. The van der Waals surface area contributed by atoms with E-state index in [4.69, 9.17) is 11.6 Å². The number of sulfonamides is 1. The number of carbonyl (C=O) groups is 1. The van der Waals surface area contributed by atoms with Crippen LogP contribution in [0.15, 0.2) is 89.8 Å². The number of anilines is 1. The van der Waals surface area contributed by atoms with Crippen LogP contribution in [0.4, 0.5) is 5.69 Å². The predicted molar refractivity (Wildman–Crippen MR) is 168 cm³/mol. The van der Waals surface area contributed by atoms with Crippen LogP contribution in [0.5, 0.6) is 0 Å². The summed E-state index contributed by atoms with van der Waals surface area (Å²) in [6.45, 7) is 6.15. The normalized spacial score (nSPS) is 15.6. The van der Waals surface area contributed by atoms with E-state index < -0.39 is 16.1 Å². The lowest BCUT2D eigenvalue weighted by molar-refractivity contribution is -0.119. The van der Waals surface area contributed by atoms with Crippen LogP contribution in [0.3, 0.4) is 0 Å². The van der Waals surface area contributed by atoms with Crippen LogP contribution in [-0.2, 0) is 27.8 Å². The van der Waals surface area contributed by atoms with Crippen LogP contribution in [0.1, 0.15) is 71.8 Å². The van der Waals surface area contributed by atoms with Crippen LogP contribution in [0.2, 0.25) is 5.02 Å². The molecule has 1 heterocycles. The van der Waals surface area contributed by atoms with Crippen LogP contribution in [0.25, 0.3) is 0 Å². The highest BCUT2D eigenvalue weighted by Crippen LogP contribution is 2.35. The van der Waals surface area contributed by atoms with Crippen molar-refractivity contribution in [3.05, 3.63) is 124 Å². The zero-order valence-electron chi connectivity index (χ0n) is 24.2. The minimum Gasteiger partial charge on any atom is -0.306 e. The average molecular weight is 602 g/mol. The summed E-state index contributed by atoms with van der Waals surface area (Å²) < 4.78 is 29.7. The Balaban J connectivity index is 1.47. The van der Waals surface area contributed by atoms with Crippen molar-refractivity contribution in [1.29, 1.82) is 0 Å². The summed E-state index contributed by atoms with van der Waals surface area (Å²) in [5, 5.41) is 0.410. The molecule has 0 saturated heterocycles. The fraction of sp³-hybridized carbons (Fsp3) is 0.294. The van der Waals surface area contributed by atoms with E-state index in [1.165, 1.54) is 6.07 Å². The van der Waals surface area contributed by atoms with E-state index in [1.54, 1.807) is 17.0 Å². The smallest absolute Gasteiger partial charge is 0.241 e. The number of carbonyl (C=O) groups excluding carboxylic acids is 1. The van der Waals surface area contributed by atoms with Gasteiger partial charge in [-0.2, -0.15) is 0 Å². The van der Waals surface area contributed by atoms with E-state index in [9.17, 15) is 13.2 Å². The molecular weight excluding hydrogens is 566 g/mol. The summed E-state index contributed by atoms with van der Waals surface area (Å²) in [6, 6.07) is 26.2. The largest absolute Gasteiger partial charge is 0.306 e. The lowest BCUT2D eigenvalue weighted by Crippen LogP contribution is -2.33. The number of pyridine rings is 1. The fourth-order valence-corrected chi connectivity index (χ4v) is 7.04. The highest BCUT2D eigenvalue weighted by molar-refractivity contribution is 7.89. The first-order chi connectivity index (χ1) is 20.1. The number of nitrogens with one attached hydrogen (secondary N) is 1. The standard InChI is InChI=1S/C34H36ClN3O3S/c1-23-15-18-30(21-32(23)35)42(40,41)37-33-14-8-12-27-16-17-29(20-31(27)33)38(22-28-13-7-9-25(3)36-28)34(39)19-24(2)26-10-5-4-6-11-26/h4-7,9-11,13,15-18,20-21,24,33,37H,8,12,14,19,22H2,1-3H3/t24-,33+/m1/s1. The van der Waals surface area contributed by atoms with Crippen molar-refractivity contribution < 1.29 is 13.2 Å². The van der Waals surface area contributed by atoms with Gasteiger partial charge in [0.2, 0.25) is 15.9 Å². The number of hydrogen-bond donors (Lipinski definition) is 1. The molecule has 0 aliphatic heterocycles. The SMILES string of the molecule is Cc1cccc(CN(C(=O)C[C@@H](C)c2ccccc2)c2ccc3c(c2)[C@@H](NS(=O)(=O)c2ccc(C)c(Cl)c2)CCC3)n1. The number of nitrogens with zero attached hydrogens (tertiary/aromatic N) is 2. The summed E-state index contributed by atoms with van der Waals surface area (Å²) in [7, 11) is -3.82. The maximum atomic E-state index is 13.9. The number of rotatable bonds is 9. The summed E-state index contributed by atoms with van der Waals surface area (Å²) in [5.74, 6) is 0.0158. The molecule has 1 amide bonds. The Kier molecular flexibility index (Phi) is 9.11. The van der Waals surface area contributed by atoms with E-state index >= 15 is 0 Å². The molecule has 1 aliphatic carbocycles. The first kappa shape index (κ1) is 30.0. The van der Waals surface area contributed by atoms with Gasteiger partial charge in [0, 0.05) is 28.9 Å². The van der Waals surface area contributed by atoms with Crippen molar-refractivity contribution >= 4 is 33.2 Å². The van der Waals surface area contributed by atoms with Crippen molar-refractivity contribution in [3.8, 4) is 0 Å². The van der Waals surface area contributed by atoms with Gasteiger partial charge in [-0.15, -0.1) is 0 Å². The Bertz CT molecular complexity index is 1690. The second kappa shape index (κ2) is 12.8. The molecule has 6 nitrogen and oxygen atoms in total. The molecule has 218 valence electrons. The maximum Gasteiger partial charge on any atom is 0.241 e. The van der Waals surface area contributed by atoms with E-state index in [0.29, 0.717) is 24.4 Å². The van der Waals surface area contributed by atoms with Gasteiger partial charge >= 0.3 is 0 Å². The minimum absolute atomic E-state index is 0.0168. The van der Waals surface area contributed by atoms with Gasteiger partial charge in [-0.05, 0) is 97.7 Å². The first-order valence-electron chi connectivity index (χ1n) is 14.3. The number of aryl methyl sites for hydroxylation is 3. The summed E-state index contributed by atoms with van der Waals surface area (Å²) in [6.07, 6.45) is 2.70. The summed E-state index contributed by atoms with van der Waals surface area (Å²) in [5.41, 5.74) is 6.31. The molecule has 4 aromatic rings. The highest BCUT2D eigenvalue weighted by atomic mass is 35.5. The molecule has 3 aromatic carbocycles. The van der Waals surface area contributed by atoms with E-state index in [-0.39, 0.29) is 16.7 Å². The van der Waals surface area contributed by atoms with Gasteiger partial charge < -0.3 is 4.90 Å². The molecule has 0 saturated carbocycles. The van der Waals surface area contributed by atoms with Gasteiger partial charge in [-0.25, -0.2) is 13.1 Å². The maximum absolute atomic E-state index is 13.9. The number of fused-ring (bicyclic) bond motifs is 1. The quantitative estimate of drug-likeness (QED) is 0.216. The Labute approximate surface area is 253 Å². The Hall–Kier alpha value is -3.52. The van der Waals surface area contributed by atoms with Gasteiger partial charge in [0.25, 0.3) is 0 Å². The second-order valence-electron chi connectivity index (χ2n) is 11.1. The van der Waals surface area contributed by atoms with Crippen LogP contribution in [-0.4, -0.2) is 19.3 Å². The lowest BCUT2D eigenvalue weighted by Gasteiger charge is -2.30. The van der Waals surface area contributed by atoms with Gasteiger partial charge in [-0.1, -0.05) is 67.1 Å². The Morgan fingerprint density at radius 1 is 1.02 bits per heavy atom. The minimum atomic E-state index is -3.82. The number of aromatic nitrogens is 1. The van der Waals surface area contributed by atoms with E-state index in [2.05, 4.69) is 16.6 Å². The van der Waals surface area contributed by atoms with Gasteiger partial charge in [0.15, 0.2) is 0 Å². The van der Waals surface area contributed by atoms with Crippen molar-refractivity contribution in [3.63, 3.8) is 0 Å². The fourth-order valence-electron chi connectivity index (χ4n) is 5.52. The molecule has 0 bridgehead atoms. The number of amides is 1. The van der Waals surface area contributed by atoms with Crippen LogP contribution in [0, 0.1) is 13.8 Å². The second-order valence-corrected chi connectivity index (χ2v) is 13.2. The molecular formula is C34H36ClN3O3S. The predicted octanol–water partition coefficient (Wildman–Crippen LogP) is 7.43. The Morgan fingerprint density at radius 2 is 1.81 bits per heavy atom. The van der Waals surface area contributed by atoms with Crippen LogP contribution < -0.4 is 9.62 Å². The molecule has 1 aromatic heterocycles. The first-order valence-corrected chi connectivity index (χ1v) is 16.2. The molecule has 1 N–H and O–H groups in total. The van der Waals surface area contributed by atoms with Gasteiger partial charge in [0.1, 0.15) is 0 Å². The molecule has 5 rings (SSSR count). The lowest BCUT2D eigenvalue weighted by atomic mass is 9.87. The summed E-state index contributed by atoms with van der Waals surface area (Å²) >= 11 is 6.25. The molecule has 0 spiro atoms. The third-order valence-corrected chi connectivity index (χ3v) is 9.80. The van der Waals surface area contributed by atoms with Crippen molar-refractivity contribution in [2.75, 3.05) is 4.90 Å². The van der Waals surface area contributed by atoms with E-state index in [1.807, 2.05) is 80.6 Å². The zero-order chi connectivity index (χ0) is 29.9. The van der Waals surface area contributed by atoms with Gasteiger partial charge in [0.05, 0.1) is 17.1 Å². The molecule has 42 heavy (non-hydrogen) atoms. The van der Waals surface area contributed by atoms with Crippen LogP contribution >= 0.6 is 11.6 Å². The Morgan fingerprint density at radius 3 is 2.55 bits per heavy atom. The van der Waals surface area contributed by atoms with Crippen molar-refractivity contribution in [1.82, 2.24) is 9.71 Å². The van der Waals surface area contributed by atoms with E-state index in [0.717, 1.165) is 52.2 Å². The van der Waals surface area contributed by atoms with Gasteiger partial charge in [-0.3, -0.25) is 9.78 Å². The number of hydrogen-bond acceptors (Lipinski definition) is 4. The monoisotopic (exact) mass is 601 g/mol. The zero-order valence-corrected chi connectivity index (χ0v) is 25.8. The third-order valence-electron chi connectivity index (χ3n) is 7.92.